The highest BCUT2D eigenvalue weighted by molar-refractivity contribution is 9.10. The van der Waals surface area contributed by atoms with Crippen LogP contribution in [0.15, 0.2) is 41.0 Å². The highest BCUT2D eigenvalue weighted by atomic mass is 79.9. The standard InChI is InChI=1S/C13H12BrClN2O/c1-18-11-5-4-8(15)7-9(11)12(16)13-10(14)3-2-6-17-13/h2-7,12H,16H2,1H3. The third kappa shape index (κ3) is 2.66. The van der Waals surface area contributed by atoms with Crippen LogP contribution < -0.4 is 10.5 Å². The summed E-state index contributed by atoms with van der Waals surface area (Å²) in [7, 11) is 1.60. The molecule has 18 heavy (non-hydrogen) atoms. The van der Waals surface area contributed by atoms with Crippen molar-refractivity contribution in [3.05, 3.63) is 57.3 Å². The van der Waals surface area contributed by atoms with Gasteiger partial charge in [0.25, 0.3) is 0 Å². The summed E-state index contributed by atoms with van der Waals surface area (Å²) in [5.41, 5.74) is 7.79. The molecule has 0 saturated carbocycles. The van der Waals surface area contributed by atoms with E-state index in [9.17, 15) is 0 Å². The summed E-state index contributed by atoms with van der Waals surface area (Å²) in [6, 6.07) is 8.72. The molecule has 2 rings (SSSR count). The Balaban J connectivity index is 2.48. The lowest BCUT2D eigenvalue weighted by molar-refractivity contribution is 0.407. The quantitative estimate of drug-likeness (QED) is 0.938. The van der Waals surface area contributed by atoms with Crippen LogP contribution in [-0.2, 0) is 0 Å². The average Bonchev–Trinajstić information content (AvgIpc) is 2.38. The van der Waals surface area contributed by atoms with E-state index in [1.54, 1.807) is 31.5 Å². The van der Waals surface area contributed by atoms with Gasteiger partial charge in [-0.3, -0.25) is 4.98 Å². The third-order valence-electron chi connectivity index (χ3n) is 2.61. The molecule has 0 bridgehead atoms. The molecule has 1 atom stereocenters. The number of benzene rings is 1. The number of methoxy groups -OCH3 is 1. The van der Waals surface area contributed by atoms with E-state index >= 15 is 0 Å². The maximum atomic E-state index is 6.23. The summed E-state index contributed by atoms with van der Waals surface area (Å²) < 4.78 is 6.16. The highest BCUT2D eigenvalue weighted by Gasteiger charge is 2.17. The zero-order valence-electron chi connectivity index (χ0n) is 9.73. The Morgan fingerprint density at radius 3 is 2.83 bits per heavy atom. The van der Waals surface area contributed by atoms with E-state index in [1.165, 1.54) is 0 Å². The molecule has 0 aliphatic rings. The van der Waals surface area contributed by atoms with Crippen LogP contribution in [0.5, 0.6) is 5.75 Å². The van der Waals surface area contributed by atoms with Crippen molar-refractivity contribution in [2.24, 2.45) is 5.73 Å². The molecule has 0 aliphatic heterocycles. The van der Waals surface area contributed by atoms with Crippen LogP contribution >= 0.6 is 27.5 Å². The van der Waals surface area contributed by atoms with Crippen molar-refractivity contribution in [2.75, 3.05) is 7.11 Å². The second-order valence-electron chi connectivity index (χ2n) is 3.73. The van der Waals surface area contributed by atoms with Gasteiger partial charge in [0.1, 0.15) is 5.75 Å². The van der Waals surface area contributed by atoms with Gasteiger partial charge in [-0.25, -0.2) is 0 Å². The summed E-state index contributed by atoms with van der Waals surface area (Å²) in [5.74, 6) is 0.699. The summed E-state index contributed by atoms with van der Waals surface area (Å²) in [6.45, 7) is 0. The molecule has 0 saturated heterocycles. The second-order valence-corrected chi connectivity index (χ2v) is 5.03. The Bertz CT molecular complexity index is 562. The molecule has 2 aromatic rings. The smallest absolute Gasteiger partial charge is 0.124 e. The van der Waals surface area contributed by atoms with Gasteiger partial charge in [0.05, 0.1) is 18.8 Å². The number of ether oxygens (including phenoxy) is 1. The van der Waals surface area contributed by atoms with Gasteiger partial charge in [0.15, 0.2) is 0 Å². The zero-order chi connectivity index (χ0) is 13.1. The van der Waals surface area contributed by atoms with Gasteiger partial charge in [0, 0.05) is 21.3 Å². The minimum atomic E-state index is -0.394. The number of nitrogens with zero attached hydrogens (tertiary/aromatic N) is 1. The molecule has 1 aromatic heterocycles. The molecule has 0 amide bonds. The van der Waals surface area contributed by atoms with Crippen molar-refractivity contribution in [3.63, 3.8) is 0 Å². The zero-order valence-corrected chi connectivity index (χ0v) is 12.1. The second kappa shape index (κ2) is 5.69. The van der Waals surface area contributed by atoms with Crippen molar-refractivity contribution in [3.8, 4) is 5.75 Å². The SMILES string of the molecule is COc1ccc(Cl)cc1C(N)c1ncccc1Br. The number of nitrogens with two attached hydrogens (primary N) is 1. The Hall–Kier alpha value is -1.10. The summed E-state index contributed by atoms with van der Waals surface area (Å²) >= 11 is 9.44. The fourth-order valence-electron chi connectivity index (χ4n) is 1.72. The molecular weight excluding hydrogens is 316 g/mol. The summed E-state index contributed by atoms with van der Waals surface area (Å²) in [6.07, 6.45) is 1.71. The van der Waals surface area contributed by atoms with Crippen LogP contribution in [0.4, 0.5) is 0 Å². The molecule has 0 aliphatic carbocycles. The monoisotopic (exact) mass is 326 g/mol. The molecule has 94 valence electrons. The molecular formula is C13H12BrClN2O. The Morgan fingerprint density at radius 1 is 1.39 bits per heavy atom. The van der Waals surface area contributed by atoms with Crippen molar-refractivity contribution in [1.29, 1.82) is 0 Å². The largest absolute Gasteiger partial charge is 0.496 e. The molecule has 3 nitrogen and oxygen atoms in total. The van der Waals surface area contributed by atoms with E-state index in [-0.39, 0.29) is 0 Å². The normalized spacial score (nSPS) is 12.2. The Labute approximate surface area is 119 Å². The first kappa shape index (κ1) is 13.3. The molecule has 2 N–H and O–H groups in total. The Kier molecular flexibility index (Phi) is 4.22. The molecule has 0 spiro atoms. The van der Waals surface area contributed by atoms with Crippen molar-refractivity contribution in [2.45, 2.75) is 6.04 Å². The minimum Gasteiger partial charge on any atom is -0.496 e. The van der Waals surface area contributed by atoms with Gasteiger partial charge in [-0.1, -0.05) is 11.6 Å². The highest BCUT2D eigenvalue weighted by Crippen LogP contribution is 2.32. The Morgan fingerprint density at radius 2 is 2.17 bits per heavy atom. The number of aromatic nitrogens is 1. The summed E-state index contributed by atoms with van der Waals surface area (Å²) in [5, 5.41) is 0.619. The van der Waals surface area contributed by atoms with Crippen molar-refractivity contribution >= 4 is 27.5 Å². The molecule has 0 fully saturated rings. The lowest BCUT2D eigenvalue weighted by Crippen LogP contribution is -2.15. The predicted molar refractivity (Wildman–Crippen MR) is 76.0 cm³/mol. The average molecular weight is 328 g/mol. The van der Waals surface area contributed by atoms with Gasteiger partial charge >= 0.3 is 0 Å². The third-order valence-corrected chi connectivity index (χ3v) is 3.51. The molecule has 1 unspecified atom stereocenters. The van der Waals surface area contributed by atoms with E-state index in [2.05, 4.69) is 20.9 Å². The number of hydrogen-bond acceptors (Lipinski definition) is 3. The first-order valence-electron chi connectivity index (χ1n) is 5.33. The lowest BCUT2D eigenvalue weighted by atomic mass is 10.0. The molecule has 1 aromatic carbocycles. The van der Waals surface area contributed by atoms with Crippen LogP contribution in [0.2, 0.25) is 5.02 Å². The first-order valence-corrected chi connectivity index (χ1v) is 6.50. The topological polar surface area (TPSA) is 48.1 Å². The number of rotatable bonds is 3. The first-order chi connectivity index (χ1) is 8.63. The van der Waals surface area contributed by atoms with Crippen molar-refractivity contribution < 1.29 is 4.74 Å². The van der Waals surface area contributed by atoms with Gasteiger partial charge in [-0.05, 0) is 46.3 Å². The fraction of sp³-hybridized carbons (Fsp3) is 0.154. The number of halogens is 2. The van der Waals surface area contributed by atoms with Crippen LogP contribution in [-0.4, -0.2) is 12.1 Å². The summed E-state index contributed by atoms with van der Waals surface area (Å²) in [4.78, 5) is 4.29. The van der Waals surface area contributed by atoms with Gasteiger partial charge in [-0.15, -0.1) is 0 Å². The number of pyridine rings is 1. The van der Waals surface area contributed by atoms with Gasteiger partial charge < -0.3 is 10.5 Å². The van der Waals surface area contributed by atoms with E-state index < -0.39 is 6.04 Å². The van der Waals surface area contributed by atoms with Crippen LogP contribution in [0.25, 0.3) is 0 Å². The van der Waals surface area contributed by atoms with E-state index in [1.807, 2.05) is 12.1 Å². The van der Waals surface area contributed by atoms with Crippen LogP contribution in [0.1, 0.15) is 17.3 Å². The van der Waals surface area contributed by atoms with E-state index in [0.717, 1.165) is 15.7 Å². The lowest BCUT2D eigenvalue weighted by Gasteiger charge is -2.16. The predicted octanol–water partition coefficient (Wildman–Crippen LogP) is 3.55. The minimum absolute atomic E-state index is 0.394. The van der Waals surface area contributed by atoms with Crippen LogP contribution in [0.3, 0.4) is 0 Å². The van der Waals surface area contributed by atoms with Crippen LogP contribution in [0, 0.1) is 0 Å². The fourth-order valence-corrected chi connectivity index (χ4v) is 2.40. The molecule has 5 heteroatoms. The van der Waals surface area contributed by atoms with E-state index in [4.69, 9.17) is 22.1 Å². The van der Waals surface area contributed by atoms with Gasteiger partial charge in [0.2, 0.25) is 0 Å². The van der Waals surface area contributed by atoms with Crippen molar-refractivity contribution in [1.82, 2.24) is 4.98 Å². The number of hydrogen-bond donors (Lipinski definition) is 1. The maximum Gasteiger partial charge on any atom is 0.124 e. The molecule has 1 heterocycles. The molecule has 0 radical (unpaired) electrons. The van der Waals surface area contributed by atoms with E-state index in [0.29, 0.717) is 10.8 Å². The maximum absolute atomic E-state index is 6.23. The van der Waals surface area contributed by atoms with Gasteiger partial charge in [-0.2, -0.15) is 0 Å².